The number of carbonyl (C=O) groups is 1. The zero-order valence-corrected chi connectivity index (χ0v) is 18.5. The van der Waals surface area contributed by atoms with E-state index in [0.717, 1.165) is 36.3 Å². The topological polar surface area (TPSA) is 72.3 Å². The maximum Gasteiger partial charge on any atom is 0.233 e. The van der Waals surface area contributed by atoms with Crippen LogP contribution in [0.15, 0.2) is 29.4 Å². The molecule has 1 aromatic heterocycles. The Morgan fingerprint density at radius 1 is 1.17 bits per heavy atom. The smallest absolute Gasteiger partial charge is 0.233 e. The lowest BCUT2D eigenvalue weighted by atomic mass is 10.1. The highest BCUT2D eigenvalue weighted by molar-refractivity contribution is 8.00. The highest BCUT2D eigenvalue weighted by Crippen LogP contribution is 2.27. The van der Waals surface area contributed by atoms with Crippen LogP contribution in [-0.2, 0) is 22.6 Å². The first-order chi connectivity index (χ1) is 13.9. The van der Waals surface area contributed by atoms with Gasteiger partial charge >= 0.3 is 0 Å². The zero-order valence-electron chi connectivity index (χ0n) is 17.7. The van der Waals surface area contributed by atoms with E-state index in [0.29, 0.717) is 25.7 Å². The molecular formula is C21H31N5O2S. The summed E-state index contributed by atoms with van der Waals surface area (Å²) in [6, 6.07) is 8.20. The molecule has 3 rings (SSSR count). The molecule has 1 amide bonds. The molecule has 158 valence electrons. The summed E-state index contributed by atoms with van der Waals surface area (Å²) in [7, 11) is 0. The molecule has 1 aliphatic rings. The lowest BCUT2D eigenvalue weighted by Crippen LogP contribution is -2.38. The molecule has 2 aromatic rings. The first-order valence-electron chi connectivity index (χ1n) is 10.2. The van der Waals surface area contributed by atoms with Gasteiger partial charge in [-0.25, -0.2) is 0 Å². The van der Waals surface area contributed by atoms with Crippen LogP contribution in [0.2, 0.25) is 0 Å². The molecular weight excluding hydrogens is 386 g/mol. The number of morpholine rings is 1. The van der Waals surface area contributed by atoms with E-state index in [1.807, 2.05) is 19.1 Å². The van der Waals surface area contributed by atoms with Gasteiger partial charge in [-0.15, -0.1) is 10.2 Å². The number of nitrogens with one attached hydrogen (secondary N) is 1. The van der Waals surface area contributed by atoms with Crippen LogP contribution in [0.25, 0.3) is 0 Å². The van der Waals surface area contributed by atoms with Crippen molar-refractivity contribution in [3.8, 4) is 0 Å². The number of rotatable bonds is 8. The number of benzene rings is 1. The van der Waals surface area contributed by atoms with Crippen LogP contribution in [0, 0.1) is 12.8 Å². The Hall–Kier alpha value is -2.06. The SMILES string of the molecule is Cc1ccc(CNC(=O)[C@@H](C)Sc2nnc(N3CCOCC3)n2CC(C)C)cc1. The predicted octanol–water partition coefficient (Wildman–Crippen LogP) is 2.88. The van der Waals surface area contributed by atoms with Gasteiger partial charge in [-0.05, 0) is 25.3 Å². The number of hydrogen-bond donors (Lipinski definition) is 1. The van der Waals surface area contributed by atoms with Gasteiger partial charge < -0.3 is 15.0 Å². The van der Waals surface area contributed by atoms with E-state index in [9.17, 15) is 4.79 Å². The van der Waals surface area contributed by atoms with Gasteiger partial charge in [-0.3, -0.25) is 9.36 Å². The minimum Gasteiger partial charge on any atom is -0.378 e. The quantitative estimate of drug-likeness (QED) is 0.666. The number of amides is 1. The molecule has 0 bridgehead atoms. The standard InChI is InChI=1S/C21H31N5O2S/c1-15(2)14-26-20(25-9-11-28-12-10-25)23-24-21(26)29-17(4)19(27)22-13-18-7-5-16(3)6-8-18/h5-8,15,17H,9-14H2,1-4H3,(H,22,27)/t17-/m1/s1. The maximum absolute atomic E-state index is 12.6. The fourth-order valence-electron chi connectivity index (χ4n) is 3.14. The summed E-state index contributed by atoms with van der Waals surface area (Å²) in [5.41, 5.74) is 2.31. The molecule has 7 nitrogen and oxygen atoms in total. The first kappa shape index (κ1) is 21.6. The van der Waals surface area contributed by atoms with E-state index < -0.39 is 0 Å². The zero-order chi connectivity index (χ0) is 20.8. The molecule has 1 aromatic carbocycles. The van der Waals surface area contributed by atoms with E-state index in [4.69, 9.17) is 4.74 Å². The molecule has 8 heteroatoms. The first-order valence-corrected chi connectivity index (χ1v) is 11.1. The van der Waals surface area contributed by atoms with Crippen LogP contribution in [-0.4, -0.2) is 52.2 Å². The average Bonchev–Trinajstić information content (AvgIpc) is 3.09. The summed E-state index contributed by atoms with van der Waals surface area (Å²) < 4.78 is 7.60. The minimum atomic E-state index is -0.256. The van der Waals surface area contributed by atoms with E-state index >= 15 is 0 Å². The van der Waals surface area contributed by atoms with Crippen LogP contribution in [0.4, 0.5) is 5.95 Å². The summed E-state index contributed by atoms with van der Waals surface area (Å²) in [5, 5.41) is 12.4. The number of ether oxygens (including phenoxy) is 1. The molecule has 0 spiro atoms. The molecule has 2 heterocycles. The Kier molecular flexibility index (Phi) is 7.55. The second-order valence-electron chi connectivity index (χ2n) is 7.85. The molecule has 1 saturated heterocycles. The summed E-state index contributed by atoms with van der Waals surface area (Å²) in [5.74, 6) is 1.33. The number of nitrogens with zero attached hydrogens (tertiary/aromatic N) is 4. The molecule has 0 aliphatic carbocycles. The lowest BCUT2D eigenvalue weighted by Gasteiger charge is -2.28. The molecule has 1 aliphatic heterocycles. The predicted molar refractivity (Wildman–Crippen MR) is 116 cm³/mol. The third-order valence-electron chi connectivity index (χ3n) is 4.78. The van der Waals surface area contributed by atoms with Gasteiger partial charge in [0.2, 0.25) is 11.9 Å². The molecule has 1 N–H and O–H groups in total. The second kappa shape index (κ2) is 10.1. The summed E-state index contributed by atoms with van der Waals surface area (Å²) in [6.45, 7) is 12.7. The van der Waals surface area contributed by atoms with Crippen LogP contribution in [0.3, 0.4) is 0 Å². The third-order valence-corrected chi connectivity index (χ3v) is 5.86. The Bertz CT molecular complexity index is 800. The van der Waals surface area contributed by atoms with Crippen molar-refractivity contribution in [1.82, 2.24) is 20.1 Å². The van der Waals surface area contributed by atoms with Gasteiger partial charge in [-0.2, -0.15) is 0 Å². The van der Waals surface area contributed by atoms with E-state index in [1.165, 1.54) is 17.3 Å². The highest BCUT2D eigenvalue weighted by atomic mass is 32.2. The van der Waals surface area contributed by atoms with Gasteiger partial charge in [-0.1, -0.05) is 55.4 Å². The number of hydrogen-bond acceptors (Lipinski definition) is 6. The summed E-state index contributed by atoms with van der Waals surface area (Å²) >= 11 is 1.46. The van der Waals surface area contributed by atoms with E-state index in [2.05, 4.69) is 57.9 Å². The summed E-state index contributed by atoms with van der Waals surface area (Å²) in [4.78, 5) is 14.8. The average molecular weight is 418 g/mol. The maximum atomic E-state index is 12.6. The van der Waals surface area contributed by atoms with Crippen molar-refractivity contribution in [3.05, 3.63) is 35.4 Å². The number of thioether (sulfide) groups is 1. The van der Waals surface area contributed by atoms with Crippen LogP contribution in [0.5, 0.6) is 0 Å². The Labute approximate surface area is 177 Å². The normalized spacial score (nSPS) is 15.6. The van der Waals surface area contributed by atoms with Crippen LogP contribution in [0.1, 0.15) is 31.9 Å². The van der Waals surface area contributed by atoms with Gasteiger partial charge in [0, 0.05) is 26.2 Å². The molecule has 0 saturated carbocycles. The number of aromatic nitrogens is 3. The van der Waals surface area contributed by atoms with Gasteiger partial charge in [0.25, 0.3) is 0 Å². The molecule has 1 fully saturated rings. The van der Waals surface area contributed by atoms with Crippen molar-refractivity contribution in [3.63, 3.8) is 0 Å². The molecule has 0 unspecified atom stereocenters. The molecule has 1 atom stereocenters. The number of aryl methyl sites for hydroxylation is 1. The number of anilines is 1. The third kappa shape index (κ3) is 5.96. The molecule has 29 heavy (non-hydrogen) atoms. The Morgan fingerprint density at radius 2 is 1.86 bits per heavy atom. The van der Waals surface area contributed by atoms with Crippen LogP contribution >= 0.6 is 11.8 Å². The Balaban J connectivity index is 1.65. The summed E-state index contributed by atoms with van der Waals surface area (Å²) in [6.07, 6.45) is 0. The van der Waals surface area contributed by atoms with Crippen molar-refractivity contribution in [2.75, 3.05) is 31.2 Å². The van der Waals surface area contributed by atoms with Gasteiger partial charge in [0.15, 0.2) is 5.16 Å². The highest BCUT2D eigenvalue weighted by Gasteiger charge is 2.24. The lowest BCUT2D eigenvalue weighted by molar-refractivity contribution is -0.120. The van der Waals surface area contributed by atoms with Crippen molar-refractivity contribution < 1.29 is 9.53 Å². The fourth-order valence-corrected chi connectivity index (χ4v) is 4.02. The van der Waals surface area contributed by atoms with Crippen molar-refractivity contribution in [2.24, 2.45) is 5.92 Å². The monoisotopic (exact) mass is 417 g/mol. The molecule has 0 radical (unpaired) electrons. The van der Waals surface area contributed by atoms with E-state index in [1.54, 1.807) is 0 Å². The van der Waals surface area contributed by atoms with Crippen molar-refractivity contribution in [1.29, 1.82) is 0 Å². The minimum absolute atomic E-state index is 0.00240. The van der Waals surface area contributed by atoms with Crippen LogP contribution < -0.4 is 10.2 Å². The fraction of sp³-hybridized carbons (Fsp3) is 0.571. The number of carbonyl (C=O) groups excluding carboxylic acids is 1. The van der Waals surface area contributed by atoms with Crippen molar-refractivity contribution >= 4 is 23.6 Å². The Morgan fingerprint density at radius 3 is 2.52 bits per heavy atom. The van der Waals surface area contributed by atoms with Gasteiger partial charge in [0.1, 0.15) is 0 Å². The second-order valence-corrected chi connectivity index (χ2v) is 9.16. The van der Waals surface area contributed by atoms with Gasteiger partial charge in [0.05, 0.1) is 18.5 Å². The largest absolute Gasteiger partial charge is 0.378 e. The van der Waals surface area contributed by atoms with Crippen molar-refractivity contribution in [2.45, 2.75) is 51.2 Å². The van der Waals surface area contributed by atoms with E-state index in [-0.39, 0.29) is 11.2 Å².